The Kier molecular flexibility index (Phi) is 5.02. The number of hydrogen-bond donors (Lipinski definition) is 3. The standard InChI is InChI=1S/C27H33N5O3/c33-25(29-18-5-2-1-3-6-18)24-31-26(35-32-24)20-14-28-21-8-4-7-19(21)23(20)30-22-16-9-15-10-17(22)13-27(34,11-15)12-16/h4,7,14-18,22,34H,1-3,5-6,8-13H2,(H,28,30)(H,29,33). The second-order valence-corrected chi connectivity index (χ2v) is 11.6. The zero-order valence-corrected chi connectivity index (χ0v) is 20.0. The first-order valence-corrected chi connectivity index (χ1v) is 13.4. The van der Waals surface area contributed by atoms with E-state index in [2.05, 4.69) is 37.9 Å². The smallest absolute Gasteiger partial charge is 0.292 e. The van der Waals surface area contributed by atoms with Crippen molar-refractivity contribution in [3.8, 4) is 11.5 Å². The minimum Gasteiger partial charge on any atom is -0.390 e. The minimum atomic E-state index is -0.468. The largest absolute Gasteiger partial charge is 0.390 e. The molecule has 3 N–H and O–H groups in total. The van der Waals surface area contributed by atoms with Crippen molar-refractivity contribution >= 4 is 17.7 Å². The maximum absolute atomic E-state index is 12.8. The van der Waals surface area contributed by atoms with Gasteiger partial charge in [-0.05, 0) is 62.7 Å². The lowest BCUT2D eigenvalue weighted by atomic mass is 9.52. The summed E-state index contributed by atoms with van der Waals surface area (Å²) in [4.78, 5) is 21.9. The Morgan fingerprint density at radius 2 is 1.91 bits per heavy atom. The van der Waals surface area contributed by atoms with Gasteiger partial charge in [0.05, 0.1) is 22.5 Å². The quantitative estimate of drug-likeness (QED) is 0.596. The molecule has 6 aliphatic rings. The number of nitrogens with one attached hydrogen (secondary N) is 2. The molecule has 35 heavy (non-hydrogen) atoms. The van der Waals surface area contributed by atoms with Gasteiger partial charge in [-0.3, -0.25) is 9.78 Å². The Morgan fingerprint density at radius 1 is 1.11 bits per heavy atom. The highest BCUT2D eigenvalue weighted by Crippen LogP contribution is 2.56. The van der Waals surface area contributed by atoms with Crippen LogP contribution in [0.4, 0.5) is 5.69 Å². The average molecular weight is 476 g/mol. The van der Waals surface area contributed by atoms with E-state index in [4.69, 9.17) is 4.52 Å². The summed E-state index contributed by atoms with van der Waals surface area (Å²) in [5, 5.41) is 22.0. The number of aromatic nitrogens is 3. The van der Waals surface area contributed by atoms with Crippen LogP contribution in [-0.4, -0.2) is 43.8 Å². The van der Waals surface area contributed by atoms with Gasteiger partial charge in [0.1, 0.15) is 0 Å². The van der Waals surface area contributed by atoms with Crippen molar-refractivity contribution in [1.82, 2.24) is 20.4 Å². The van der Waals surface area contributed by atoms with Crippen LogP contribution in [0.5, 0.6) is 0 Å². The van der Waals surface area contributed by atoms with Gasteiger partial charge in [0, 0.05) is 30.3 Å². The molecule has 2 aromatic heterocycles. The number of hydrogen-bond acceptors (Lipinski definition) is 7. The average Bonchev–Trinajstić information content (AvgIpc) is 3.51. The highest BCUT2D eigenvalue weighted by Gasteiger charge is 2.55. The van der Waals surface area contributed by atoms with E-state index in [1.54, 1.807) is 6.20 Å². The van der Waals surface area contributed by atoms with E-state index in [1.807, 2.05) is 0 Å². The highest BCUT2D eigenvalue weighted by atomic mass is 16.5. The van der Waals surface area contributed by atoms with Crippen LogP contribution in [0, 0.1) is 17.8 Å². The summed E-state index contributed by atoms with van der Waals surface area (Å²) in [7, 11) is 0. The van der Waals surface area contributed by atoms with E-state index in [0.717, 1.165) is 73.9 Å². The first-order chi connectivity index (χ1) is 17.0. The van der Waals surface area contributed by atoms with Crippen LogP contribution in [-0.2, 0) is 6.42 Å². The first kappa shape index (κ1) is 21.5. The van der Waals surface area contributed by atoms with Crippen molar-refractivity contribution in [3.05, 3.63) is 29.4 Å². The predicted molar refractivity (Wildman–Crippen MR) is 131 cm³/mol. The molecule has 0 radical (unpaired) electrons. The maximum atomic E-state index is 12.8. The number of anilines is 1. The zero-order valence-electron chi connectivity index (χ0n) is 20.0. The van der Waals surface area contributed by atoms with Crippen LogP contribution in [0.25, 0.3) is 17.5 Å². The Morgan fingerprint density at radius 3 is 2.69 bits per heavy atom. The Hall–Kier alpha value is -2.74. The third-order valence-electron chi connectivity index (χ3n) is 9.15. The van der Waals surface area contributed by atoms with E-state index < -0.39 is 5.60 Å². The summed E-state index contributed by atoms with van der Waals surface area (Å²) in [5.41, 5.74) is 3.35. The number of amides is 1. The lowest BCUT2D eigenvalue weighted by molar-refractivity contribution is -0.129. The summed E-state index contributed by atoms with van der Waals surface area (Å²) in [6.45, 7) is 0. The van der Waals surface area contributed by atoms with Crippen molar-refractivity contribution in [2.24, 2.45) is 17.8 Å². The molecule has 8 rings (SSSR count). The predicted octanol–water partition coefficient (Wildman–Crippen LogP) is 4.11. The molecule has 0 aliphatic heterocycles. The Bertz CT molecular complexity index is 1170. The molecule has 8 heteroatoms. The van der Waals surface area contributed by atoms with Crippen molar-refractivity contribution in [2.45, 2.75) is 88.3 Å². The van der Waals surface area contributed by atoms with Crippen molar-refractivity contribution in [2.75, 3.05) is 5.32 Å². The minimum absolute atomic E-state index is 0.0735. The molecule has 0 spiro atoms. The van der Waals surface area contributed by atoms with Crippen LogP contribution in [0.1, 0.15) is 86.1 Å². The van der Waals surface area contributed by atoms with Crippen LogP contribution in [0.2, 0.25) is 0 Å². The second-order valence-electron chi connectivity index (χ2n) is 11.6. The van der Waals surface area contributed by atoms with E-state index in [1.165, 1.54) is 19.3 Å². The lowest BCUT2D eigenvalue weighted by Crippen LogP contribution is -2.59. The van der Waals surface area contributed by atoms with Gasteiger partial charge in [-0.25, -0.2) is 0 Å². The fourth-order valence-corrected chi connectivity index (χ4v) is 7.82. The molecule has 2 unspecified atom stereocenters. The van der Waals surface area contributed by atoms with Gasteiger partial charge in [-0.15, -0.1) is 0 Å². The number of fused-ring (bicyclic) bond motifs is 1. The topological polar surface area (TPSA) is 113 Å². The van der Waals surface area contributed by atoms with Gasteiger partial charge >= 0.3 is 0 Å². The Labute approximate surface area is 205 Å². The molecule has 2 heterocycles. The van der Waals surface area contributed by atoms with Crippen molar-refractivity contribution in [3.63, 3.8) is 0 Å². The number of aliphatic hydroxyl groups is 1. The number of carbonyl (C=O) groups is 1. The van der Waals surface area contributed by atoms with E-state index in [9.17, 15) is 9.90 Å². The van der Waals surface area contributed by atoms with Crippen molar-refractivity contribution in [1.29, 1.82) is 0 Å². The number of allylic oxidation sites excluding steroid dienone is 1. The van der Waals surface area contributed by atoms with E-state index in [0.29, 0.717) is 29.7 Å². The number of rotatable bonds is 5. The molecular weight excluding hydrogens is 442 g/mol. The van der Waals surface area contributed by atoms with Crippen molar-refractivity contribution < 1.29 is 14.4 Å². The van der Waals surface area contributed by atoms with Gasteiger partial charge in [0.25, 0.3) is 17.6 Å². The molecule has 1 amide bonds. The summed E-state index contributed by atoms with van der Waals surface area (Å²) in [5.74, 6) is 1.70. The number of pyridine rings is 1. The number of carbonyl (C=O) groups excluding carboxylic acids is 1. The molecule has 2 aromatic rings. The lowest BCUT2D eigenvalue weighted by Gasteiger charge is -2.58. The molecule has 184 valence electrons. The third kappa shape index (κ3) is 3.77. The second kappa shape index (κ2) is 8.15. The molecular formula is C27H33N5O3. The summed E-state index contributed by atoms with van der Waals surface area (Å²) < 4.78 is 5.62. The SMILES string of the molecule is O=C(NC1CCCCC1)c1noc(-c2cnc3c(c2NC2C4CC5CC2CC(O)(C5)C4)C=CC3)n1. The van der Waals surface area contributed by atoms with Gasteiger partial charge in [-0.2, -0.15) is 4.98 Å². The molecule has 0 aromatic carbocycles. The van der Waals surface area contributed by atoms with Crippen LogP contribution >= 0.6 is 0 Å². The fraction of sp³-hybridized carbons (Fsp3) is 0.630. The summed E-state index contributed by atoms with van der Waals surface area (Å²) >= 11 is 0. The first-order valence-electron chi connectivity index (χ1n) is 13.4. The Balaban J connectivity index is 1.18. The maximum Gasteiger partial charge on any atom is 0.292 e. The molecule has 5 saturated carbocycles. The number of nitrogens with zero attached hydrogens (tertiary/aromatic N) is 3. The monoisotopic (exact) mass is 475 g/mol. The zero-order chi connectivity index (χ0) is 23.6. The van der Waals surface area contributed by atoms with Crippen LogP contribution in [0.3, 0.4) is 0 Å². The fourth-order valence-electron chi connectivity index (χ4n) is 7.82. The highest BCUT2D eigenvalue weighted by molar-refractivity contribution is 5.91. The van der Waals surface area contributed by atoms with Crippen LogP contribution in [0.15, 0.2) is 16.8 Å². The molecule has 2 atom stereocenters. The molecule has 8 nitrogen and oxygen atoms in total. The van der Waals surface area contributed by atoms with Crippen LogP contribution < -0.4 is 10.6 Å². The molecule has 5 fully saturated rings. The normalized spacial score (nSPS) is 33.2. The molecule has 0 saturated heterocycles. The summed E-state index contributed by atoms with van der Waals surface area (Å²) in [6, 6.07) is 0.497. The van der Waals surface area contributed by atoms with Gasteiger partial charge < -0.3 is 20.3 Å². The summed E-state index contributed by atoms with van der Waals surface area (Å²) in [6.07, 6.45) is 17.5. The van der Waals surface area contributed by atoms with Gasteiger partial charge in [-0.1, -0.05) is 36.6 Å². The van der Waals surface area contributed by atoms with Gasteiger partial charge in [0.15, 0.2) is 0 Å². The van der Waals surface area contributed by atoms with E-state index in [-0.39, 0.29) is 17.8 Å². The molecule has 6 aliphatic carbocycles. The molecule has 4 bridgehead atoms. The van der Waals surface area contributed by atoms with E-state index >= 15 is 0 Å². The third-order valence-corrected chi connectivity index (χ3v) is 9.15. The van der Waals surface area contributed by atoms with Gasteiger partial charge in [0.2, 0.25) is 0 Å².